The van der Waals surface area contributed by atoms with Crippen molar-refractivity contribution in [1.29, 1.82) is 0 Å². The van der Waals surface area contributed by atoms with Gasteiger partial charge in [-0.1, -0.05) is 71.3 Å². The standard InChI is InChI=1S/C31H48/c1-7-9-10-11-22(3)24-13-14-25-23-12-15-27-29(5,26(23)16-17-28(24,25)4)18-20-31(8-2)21-19-30(27,31)6/h8,22-27H,2,7,9-18,20H2,1,3-6H3. The average molecular weight is 421 g/mol. The van der Waals surface area contributed by atoms with E-state index in [9.17, 15) is 0 Å². The van der Waals surface area contributed by atoms with Crippen molar-refractivity contribution in [3.05, 3.63) is 12.7 Å². The van der Waals surface area contributed by atoms with E-state index in [0.717, 1.165) is 35.5 Å². The number of allylic oxidation sites excluding steroid dienone is 1. The van der Waals surface area contributed by atoms with E-state index < -0.39 is 0 Å². The fourth-order valence-corrected chi connectivity index (χ4v) is 10.6. The second-order valence-electron chi connectivity index (χ2n) is 13.3. The molecule has 0 amide bonds. The van der Waals surface area contributed by atoms with E-state index in [0.29, 0.717) is 10.8 Å². The molecule has 0 aromatic heterocycles. The van der Waals surface area contributed by atoms with Crippen LogP contribution in [-0.4, -0.2) is 0 Å². The Labute approximate surface area is 193 Å². The SMILES string of the molecule is C=CC12C#CC1(C)C1CCC3C4CCC(C(C)CCCCC)C4(C)CCC3C1(C)CC2. The summed E-state index contributed by atoms with van der Waals surface area (Å²) in [5.41, 5.74) is 1.44. The van der Waals surface area contributed by atoms with E-state index in [4.69, 9.17) is 0 Å². The molecule has 10 atom stereocenters. The molecule has 0 bridgehead atoms. The maximum absolute atomic E-state index is 4.25. The summed E-state index contributed by atoms with van der Waals surface area (Å²) in [7, 11) is 0. The Hall–Kier alpha value is -0.700. The van der Waals surface area contributed by atoms with Gasteiger partial charge in [-0.3, -0.25) is 0 Å². The number of fused-ring (bicyclic) bond motifs is 7. The molecule has 5 rings (SSSR count). The molecule has 0 spiro atoms. The van der Waals surface area contributed by atoms with Crippen molar-refractivity contribution in [3.8, 4) is 11.8 Å². The minimum absolute atomic E-state index is 0.125. The number of hydrogen-bond donors (Lipinski definition) is 0. The second-order valence-corrected chi connectivity index (χ2v) is 13.3. The maximum atomic E-state index is 4.25. The fraction of sp³-hybridized carbons (Fsp3) is 0.871. The summed E-state index contributed by atoms with van der Waals surface area (Å²) >= 11 is 0. The summed E-state index contributed by atoms with van der Waals surface area (Å²) in [6.45, 7) is 17.1. The molecule has 0 heteroatoms. The molecule has 4 fully saturated rings. The van der Waals surface area contributed by atoms with Crippen LogP contribution < -0.4 is 0 Å². The van der Waals surface area contributed by atoms with Gasteiger partial charge in [0.2, 0.25) is 0 Å². The van der Waals surface area contributed by atoms with Crippen LogP contribution in [0.3, 0.4) is 0 Å². The molecule has 0 N–H and O–H groups in total. The van der Waals surface area contributed by atoms with E-state index in [1.165, 1.54) is 77.0 Å². The molecule has 0 aromatic rings. The maximum Gasteiger partial charge on any atom is 0.0657 e. The van der Waals surface area contributed by atoms with E-state index >= 15 is 0 Å². The Kier molecular flexibility index (Phi) is 5.28. The highest BCUT2D eigenvalue weighted by Gasteiger charge is 2.68. The van der Waals surface area contributed by atoms with Crippen LogP contribution >= 0.6 is 0 Å². The molecule has 0 aromatic carbocycles. The lowest BCUT2D eigenvalue weighted by Gasteiger charge is -2.68. The van der Waals surface area contributed by atoms with Gasteiger partial charge in [0.1, 0.15) is 0 Å². The Morgan fingerprint density at radius 2 is 1.68 bits per heavy atom. The Bertz CT molecular complexity index is 782. The van der Waals surface area contributed by atoms with E-state index in [1.54, 1.807) is 0 Å². The summed E-state index contributed by atoms with van der Waals surface area (Å²) in [5.74, 6) is 12.9. The molecule has 4 saturated carbocycles. The van der Waals surface area contributed by atoms with Crippen molar-refractivity contribution in [2.45, 2.75) is 112 Å². The first-order valence-electron chi connectivity index (χ1n) is 13.9. The highest BCUT2D eigenvalue weighted by Crippen LogP contribution is 2.73. The van der Waals surface area contributed by atoms with Crippen LogP contribution in [0.4, 0.5) is 0 Å². The molecule has 5 aliphatic rings. The van der Waals surface area contributed by atoms with Gasteiger partial charge < -0.3 is 0 Å². The summed E-state index contributed by atoms with van der Waals surface area (Å²) in [6, 6.07) is 0. The molecule has 0 heterocycles. The third-order valence-corrected chi connectivity index (χ3v) is 12.5. The minimum atomic E-state index is 0.125. The zero-order valence-corrected chi connectivity index (χ0v) is 21.2. The first-order valence-corrected chi connectivity index (χ1v) is 13.9. The predicted molar refractivity (Wildman–Crippen MR) is 132 cm³/mol. The molecule has 0 aliphatic heterocycles. The van der Waals surface area contributed by atoms with Crippen molar-refractivity contribution < 1.29 is 0 Å². The number of unbranched alkanes of at least 4 members (excludes halogenated alkanes) is 2. The normalized spacial score (nSPS) is 53.0. The van der Waals surface area contributed by atoms with Gasteiger partial charge in [0.25, 0.3) is 0 Å². The van der Waals surface area contributed by atoms with E-state index in [1.807, 2.05) is 0 Å². The molecule has 31 heavy (non-hydrogen) atoms. The van der Waals surface area contributed by atoms with Crippen molar-refractivity contribution in [3.63, 3.8) is 0 Å². The zero-order valence-electron chi connectivity index (χ0n) is 21.2. The summed E-state index contributed by atoms with van der Waals surface area (Å²) in [4.78, 5) is 0. The Morgan fingerprint density at radius 1 is 0.903 bits per heavy atom. The smallest absolute Gasteiger partial charge is 0.0657 e. The average Bonchev–Trinajstić information content (AvgIpc) is 3.10. The van der Waals surface area contributed by atoms with Crippen molar-refractivity contribution >= 4 is 0 Å². The summed E-state index contributed by atoms with van der Waals surface area (Å²) in [6.07, 6.45) is 19.5. The third kappa shape index (κ3) is 2.80. The molecular weight excluding hydrogens is 372 g/mol. The van der Waals surface area contributed by atoms with Crippen LogP contribution in [0.25, 0.3) is 0 Å². The molecule has 172 valence electrons. The minimum Gasteiger partial charge on any atom is -0.102 e. The molecule has 0 saturated heterocycles. The van der Waals surface area contributed by atoms with Gasteiger partial charge in [0.05, 0.1) is 10.8 Å². The molecule has 0 radical (unpaired) electrons. The van der Waals surface area contributed by atoms with Crippen LogP contribution in [0.15, 0.2) is 12.7 Å². The molecule has 0 nitrogen and oxygen atoms in total. The predicted octanol–water partition coefficient (Wildman–Crippen LogP) is 8.67. The number of rotatable bonds is 6. The lowest BCUT2D eigenvalue weighted by molar-refractivity contribution is -0.162. The van der Waals surface area contributed by atoms with Gasteiger partial charge in [-0.15, -0.1) is 6.58 Å². The third-order valence-electron chi connectivity index (χ3n) is 12.5. The van der Waals surface area contributed by atoms with E-state index in [-0.39, 0.29) is 10.8 Å². The van der Waals surface area contributed by atoms with Gasteiger partial charge in [-0.25, -0.2) is 0 Å². The molecule has 10 unspecified atom stereocenters. The number of hydrogen-bond acceptors (Lipinski definition) is 0. The highest BCUT2D eigenvalue weighted by molar-refractivity contribution is 5.44. The quantitative estimate of drug-likeness (QED) is 0.229. The topological polar surface area (TPSA) is 0 Å². The van der Waals surface area contributed by atoms with Crippen molar-refractivity contribution in [2.24, 2.45) is 57.2 Å². The molecular formula is C31H48. The highest BCUT2D eigenvalue weighted by atomic mass is 14.7. The van der Waals surface area contributed by atoms with Gasteiger partial charge in [-0.2, -0.15) is 0 Å². The van der Waals surface area contributed by atoms with Gasteiger partial charge in [-0.05, 0) is 105 Å². The molecule has 5 aliphatic carbocycles. The first kappa shape index (κ1) is 22.1. The van der Waals surface area contributed by atoms with Crippen LogP contribution in [0, 0.1) is 69.0 Å². The first-order chi connectivity index (χ1) is 14.8. The van der Waals surface area contributed by atoms with Crippen LogP contribution in [-0.2, 0) is 0 Å². The monoisotopic (exact) mass is 420 g/mol. The van der Waals surface area contributed by atoms with E-state index in [2.05, 4.69) is 59.1 Å². The van der Waals surface area contributed by atoms with Gasteiger partial charge in [0.15, 0.2) is 0 Å². The Morgan fingerprint density at radius 3 is 2.35 bits per heavy atom. The summed E-state index contributed by atoms with van der Waals surface area (Å²) < 4.78 is 0. The van der Waals surface area contributed by atoms with Crippen LogP contribution in [0.5, 0.6) is 0 Å². The van der Waals surface area contributed by atoms with Crippen LogP contribution in [0.1, 0.15) is 112 Å². The lowest BCUT2D eigenvalue weighted by atomic mass is 9.35. The Balaban J connectivity index is 1.37. The van der Waals surface area contributed by atoms with Gasteiger partial charge in [0, 0.05) is 0 Å². The lowest BCUT2D eigenvalue weighted by Crippen LogP contribution is -2.63. The largest absolute Gasteiger partial charge is 0.102 e. The van der Waals surface area contributed by atoms with Crippen LogP contribution in [0.2, 0.25) is 0 Å². The van der Waals surface area contributed by atoms with Crippen molar-refractivity contribution in [2.75, 3.05) is 0 Å². The van der Waals surface area contributed by atoms with Gasteiger partial charge >= 0.3 is 0 Å². The zero-order chi connectivity index (χ0) is 22.1. The fourth-order valence-electron chi connectivity index (χ4n) is 10.6. The van der Waals surface area contributed by atoms with Crippen molar-refractivity contribution in [1.82, 2.24) is 0 Å². The summed E-state index contributed by atoms with van der Waals surface area (Å²) in [5, 5.41) is 0. The second kappa shape index (κ2) is 7.40.